The van der Waals surface area contributed by atoms with Gasteiger partial charge in [-0.3, -0.25) is 0 Å². The van der Waals surface area contributed by atoms with Crippen LogP contribution in [0.1, 0.15) is 19.8 Å². The summed E-state index contributed by atoms with van der Waals surface area (Å²) in [7, 11) is 0. The number of benzene rings is 1. The average molecular weight is 209 g/mol. The molecule has 1 aromatic carbocycles. The van der Waals surface area contributed by atoms with E-state index in [9.17, 15) is 4.39 Å². The van der Waals surface area contributed by atoms with E-state index in [1.807, 2.05) is 0 Å². The predicted octanol–water partition coefficient (Wildman–Crippen LogP) is 2.81. The van der Waals surface area contributed by atoms with Gasteiger partial charge in [0, 0.05) is 18.3 Å². The second kappa shape index (κ2) is 4.62. The number of anilines is 1. The maximum Gasteiger partial charge on any atom is 0.123 e. The number of nitrogens with one attached hydrogen (secondary N) is 1. The van der Waals surface area contributed by atoms with Crippen molar-refractivity contribution in [1.82, 2.24) is 0 Å². The quantitative estimate of drug-likeness (QED) is 0.808. The van der Waals surface area contributed by atoms with Crippen LogP contribution in [0, 0.1) is 5.82 Å². The highest BCUT2D eigenvalue weighted by Crippen LogP contribution is 2.18. The zero-order valence-corrected chi connectivity index (χ0v) is 8.87. The van der Waals surface area contributed by atoms with E-state index in [0.29, 0.717) is 12.1 Å². The van der Waals surface area contributed by atoms with E-state index >= 15 is 0 Å². The van der Waals surface area contributed by atoms with E-state index in [4.69, 9.17) is 4.74 Å². The maximum atomic E-state index is 12.7. The summed E-state index contributed by atoms with van der Waals surface area (Å²) in [6.45, 7) is 2.89. The van der Waals surface area contributed by atoms with Gasteiger partial charge in [-0.2, -0.15) is 0 Å². The molecule has 1 saturated heterocycles. The SMILES string of the molecule is CC1CC(Nc2ccc(F)cc2)CCO1. The van der Waals surface area contributed by atoms with Crippen LogP contribution < -0.4 is 5.32 Å². The van der Waals surface area contributed by atoms with Crippen LogP contribution in [0.4, 0.5) is 10.1 Å². The molecule has 1 fully saturated rings. The molecule has 0 radical (unpaired) electrons. The van der Waals surface area contributed by atoms with Crippen molar-refractivity contribution in [3.8, 4) is 0 Å². The molecule has 1 aliphatic rings. The smallest absolute Gasteiger partial charge is 0.123 e. The second-order valence-corrected chi connectivity index (χ2v) is 4.05. The Hall–Kier alpha value is -1.09. The van der Waals surface area contributed by atoms with E-state index in [2.05, 4.69) is 12.2 Å². The van der Waals surface area contributed by atoms with E-state index in [1.54, 1.807) is 12.1 Å². The molecule has 0 saturated carbocycles. The zero-order chi connectivity index (χ0) is 10.7. The van der Waals surface area contributed by atoms with E-state index in [-0.39, 0.29) is 5.82 Å². The molecule has 15 heavy (non-hydrogen) atoms. The number of ether oxygens (including phenoxy) is 1. The number of hydrogen-bond acceptors (Lipinski definition) is 2. The molecule has 0 amide bonds. The summed E-state index contributed by atoms with van der Waals surface area (Å²) in [6.07, 6.45) is 2.34. The monoisotopic (exact) mass is 209 g/mol. The minimum atomic E-state index is -0.194. The van der Waals surface area contributed by atoms with Gasteiger partial charge < -0.3 is 10.1 Å². The minimum Gasteiger partial charge on any atom is -0.382 e. The van der Waals surface area contributed by atoms with Gasteiger partial charge in [-0.1, -0.05) is 0 Å². The zero-order valence-electron chi connectivity index (χ0n) is 8.87. The number of hydrogen-bond donors (Lipinski definition) is 1. The van der Waals surface area contributed by atoms with Crippen LogP contribution in [0.2, 0.25) is 0 Å². The highest BCUT2D eigenvalue weighted by atomic mass is 19.1. The molecule has 82 valence electrons. The molecule has 0 aromatic heterocycles. The second-order valence-electron chi connectivity index (χ2n) is 4.05. The molecule has 2 unspecified atom stereocenters. The van der Waals surface area contributed by atoms with Crippen molar-refractivity contribution < 1.29 is 9.13 Å². The maximum absolute atomic E-state index is 12.7. The Morgan fingerprint density at radius 1 is 1.33 bits per heavy atom. The van der Waals surface area contributed by atoms with Crippen LogP contribution in [0.15, 0.2) is 24.3 Å². The first-order valence-corrected chi connectivity index (χ1v) is 5.38. The fourth-order valence-corrected chi connectivity index (χ4v) is 1.91. The molecule has 1 aromatic rings. The Labute approximate surface area is 89.4 Å². The van der Waals surface area contributed by atoms with Crippen molar-refractivity contribution in [3.05, 3.63) is 30.1 Å². The van der Waals surface area contributed by atoms with Gasteiger partial charge in [-0.05, 0) is 44.0 Å². The van der Waals surface area contributed by atoms with Gasteiger partial charge in [0.25, 0.3) is 0 Å². The Morgan fingerprint density at radius 3 is 2.73 bits per heavy atom. The van der Waals surface area contributed by atoms with Gasteiger partial charge in [-0.25, -0.2) is 4.39 Å². The van der Waals surface area contributed by atoms with Crippen molar-refractivity contribution >= 4 is 5.69 Å². The minimum absolute atomic E-state index is 0.194. The lowest BCUT2D eigenvalue weighted by Gasteiger charge is -2.28. The molecule has 0 bridgehead atoms. The van der Waals surface area contributed by atoms with Crippen LogP contribution >= 0.6 is 0 Å². The van der Waals surface area contributed by atoms with Gasteiger partial charge in [0.15, 0.2) is 0 Å². The van der Waals surface area contributed by atoms with Crippen LogP contribution in [0.5, 0.6) is 0 Å². The third kappa shape index (κ3) is 2.93. The molecule has 0 aliphatic carbocycles. The Balaban J connectivity index is 1.93. The lowest BCUT2D eigenvalue weighted by Crippen LogP contribution is -2.32. The van der Waals surface area contributed by atoms with Crippen LogP contribution in [0.3, 0.4) is 0 Å². The average Bonchev–Trinajstić information content (AvgIpc) is 2.22. The van der Waals surface area contributed by atoms with Crippen LogP contribution in [-0.4, -0.2) is 18.8 Å². The fraction of sp³-hybridized carbons (Fsp3) is 0.500. The van der Waals surface area contributed by atoms with Crippen molar-refractivity contribution in [2.24, 2.45) is 0 Å². The Kier molecular flexibility index (Phi) is 3.21. The molecule has 1 N–H and O–H groups in total. The van der Waals surface area contributed by atoms with Crippen molar-refractivity contribution in [2.75, 3.05) is 11.9 Å². The highest BCUT2D eigenvalue weighted by Gasteiger charge is 2.18. The molecular weight excluding hydrogens is 193 g/mol. The lowest BCUT2D eigenvalue weighted by molar-refractivity contribution is 0.0232. The third-order valence-electron chi connectivity index (χ3n) is 2.70. The van der Waals surface area contributed by atoms with Gasteiger partial charge >= 0.3 is 0 Å². The van der Waals surface area contributed by atoms with Crippen molar-refractivity contribution in [2.45, 2.75) is 31.9 Å². The van der Waals surface area contributed by atoms with Crippen molar-refractivity contribution in [1.29, 1.82) is 0 Å². The lowest BCUT2D eigenvalue weighted by atomic mass is 10.0. The van der Waals surface area contributed by atoms with E-state index < -0.39 is 0 Å². The van der Waals surface area contributed by atoms with Gasteiger partial charge in [0.2, 0.25) is 0 Å². The topological polar surface area (TPSA) is 21.3 Å². The van der Waals surface area contributed by atoms with Gasteiger partial charge in [-0.15, -0.1) is 0 Å². The summed E-state index contributed by atoms with van der Waals surface area (Å²) < 4.78 is 18.1. The number of halogens is 1. The van der Waals surface area contributed by atoms with Gasteiger partial charge in [0.05, 0.1) is 6.10 Å². The largest absolute Gasteiger partial charge is 0.382 e. The molecule has 2 atom stereocenters. The summed E-state index contributed by atoms with van der Waals surface area (Å²) in [5, 5.41) is 3.39. The Bertz CT molecular complexity index is 312. The molecule has 2 rings (SSSR count). The first kappa shape index (κ1) is 10.4. The van der Waals surface area contributed by atoms with E-state index in [0.717, 1.165) is 25.1 Å². The molecule has 1 heterocycles. The third-order valence-corrected chi connectivity index (χ3v) is 2.70. The molecule has 3 heteroatoms. The molecular formula is C12H16FNO. The normalized spacial score (nSPS) is 26.3. The molecule has 2 nitrogen and oxygen atoms in total. The van der Waals surface area contributed by atoms with Crippen molar-refractivity contribution in [3.63, 3.8) is 0 Å². The summed E-state index contributed by atoms with van der Waals surface area (Å²) in [6, 6.07) is 6.94. The Morgan fingerprint density at radius 2 is 2.07 bits per heavy atom. The molecule has 1 aliphatic heterocycles. The van der Waals surface area contributed by atoms with Gasteiger partial charge in [0.1, 0.15) is 5.82 Å². The number of rotatable bonds is 2. The first-order chi connectivity index (χ1) is 7.24. The summed E-state index contributed by atoms with van der Waals surface area (Å²) in [4.78, 5) is 0. The summed E-state index contributed by atoms with van der Waals surface area (Å²) in [5.41, 5.74) is 0.982. The predicted molar refractivity (Wildman–Crippen MR) is 58.5 cm³/mol. The van der Waals surface area contributed by atoms with Crippen LogP contribution in [0.25, 0.3) is 0 Å². The standard InChI is InChI=1S/C12H16FNO/c1-9-8-12(6-7-15-9)14-11-4-2-10(13)3-5-11/h2-5,9,12,14H,6-8H2,1H3. The first-order valence-electron chi connectivity index (χ1n) is 5.38. The molecule has 0 spiro atoms. The summed E-state index contributed by atoms with van der Waals surface area (Å²) >= 11 is 0. The van der Waals surface area contributed by atoms with E-state index in [1.165, 1.54) is 12.1 Å². The summed E-state index contributed by atoms with van der Waals surface area (Å²) in [5.74, 6) is -0.194. The van der Waals surface area contributed by atoms with Crippen LogP contribution in [-0.2, 0) is 4.74 Å². The highest BCUT2D eigenvalue weighted by molar-refractivity contribution is 5.43. The fourth-order valence-electron chi connectivity index (χ4n) is 1.91.